The van der Waals surface area contributed by atoms with Gasteiger partial charge >= 0.3 is 0 Å². The van der Waals surface area contributed by atoms with Gasteiger partial charge in [-0.15, -0.1) is 11.3 Å². The van der Waals surface area contributed by atoms with Gasteiger partial charge in [-0.25, -0.2) is 0 Å². The van der Waals surface area contributed by atoms with E-state index in [1.54, 1.807) is 24.3 Å². The molecule has 5 heteroatoms. The minimum atomic E-state index is -0.210. The van der Waals surface area contributed by atoms with Crippen molar-refractivity contribution in [2.24, 2.45) is 0 Å². The first-order valence-electron chi connectivity index (χ1n) is 5.87. The zero-order valence-corrected chi connectivity index (χ0v) is 12.3. The molecule has 1 amide bonds. The molecule has 0 saturated heterocycles. The predicted molar refractivity (Wildman–Crippen MR) is 82.4 cm³/mol. The smallest absolute Gasteiger partial charge is 0.265 e. The Labute approximate surface area is 126 Å². The second-order valence-electron chi connectivity index (χ2n) is 4.02. The van der Waals surface area contributed by atoms with Gasteiger partial charge in [-0.1, -0.05) is 23.4 Å². The molecule has 1 aromatic carbocycles. The number of aryl methyl sites for hydroxylation is 1. The average molecular weight is 306 g/mol. The number of halogens is 1. The summed E-state index contributed by atoms with van der Waals surface area (Å²) in [5.74, 6) is 5.13. The first kappa shape index (κ1) is 14.6. The van der Waals surface area contributed by atoms with Crippen molar-refractivity contribution in [3.63, 3.8) is 0 Å². The van der Waals surface area contributed by atoms with Crippen molar-refractivity contribution in [2.75, 3.05) is 11.9 Å². The van der Waals surface area contributed by atoms with E-state index in [0.717, 1.165) is 4.88 Å². The molecule has 102 valence electrons. The molecule has 0 radical (unpaired) electrons. The van der Waals surface area contributed by atoms with Crippen LogP contribution in [0, 0.1) is 18.8 Å². The highest BCUT2D eigenvalue weighted by Crippen LogP contribution is 2.24. The van der Waals surface area contributed by atoms with Gasteiger partial charge in [0, 0.05) is 10.4 Å². The van der Waals surface area contributed by atoms with Gasteiger partial charge in [-0.2, -0.15) is 0 Å². The second kappa shape index (κ2) is 6.58. The number of amides is 1. The van der Waals surface area contributed by atoms with Crippen LogP contribution in [0.15, 0.2) is 30.3 Å². The third kappa shape index (κ3) is 3.61. The number of hydrogen-bond acceptors (Lipinski definition) is 3. The Morgan fingerprint density at radius 1 is 1.40 bits per heavy atom. The zero-order chi connectivity index (χ0) is 14.5. The predicted octanol–water partition coefficient (Wildman–Crippen LogP) is 3.31. The molecule has 0 bridgehead atoms. The van der Waals surface area contributed by atoms with Gasteiger partial charge in [-0.05, 0) is 37.3 Å². The van der Waals surface area contributed by atoms with Gasteiger partial charge in [0.15, 0.2) is 0 Å². The summed E-state index contributed by atoms with van der Waals surface area (Å²) in [6.45, 7) is 1.73. The van der Waals surface area contributed by atoms with Crippen molar-refractivity contribution in [2.45, 2.75) is 6.92 Å². The van der Waals surface area contributed by atoms with Crippen LogP contribution in [0.3, 0.4) is 0 Å². The lowest BCUT2D eigenvalue weighted by Crippen LogP contribution is -2.10. The van der Waals surface area contributed by atoms with Crippen molar-refractivity contribution < 1.29 is 9.90 Å². The fourth-order valence-corrected chi connectivity index (χ4v) is 2.51. The summed E-state index contributed by atoms with van der Waals surface area (Å²) in [7, 11) is 0. The number of hydrogen-bond donors (Lipinski definition) is 2. The Hall–Kier alpha value is -1.80. The number of carbonyl (C=O) groups excluding carboxylic acids is 1. The van der Waals surface area contributed by atoms with Gasteiger partial charge in [-0.3, -0.25) is 4.79 Å². The maximum Gasteiger partial charge on any atom is 0.265 e. The van der Waals surface area contributed by atoms with Crippen molar-refractivity contribution in [3.05, 3.63) is 50.7 Å². The number of anilines is 1. The normalized spacial score (nSPS) is 9.75. The Kier molecular flexibility index (Phi) is 4.80. The van der Waals surface area contributed by atoms with Gasteiger partial charge in [0.05, 0.1) is 15.6 Å². The summed E-state index contributed by atoms with van der Waals surface area (Å²) in [4.78, 5) is 13.8. The largest absolute Gasteiger partial charge is 0.384 e. The molecule has 0 aliphatic rings. The lowest BCUT2D eigenvalue weighted by Gasteiger charge is -2.06. The molecule has 0 aliphatic carbocycles. The average Bonchev–Trinajstić information content (AvgIpc) is 2.86. The highest BCUT2D eigenvalue weighted by atomic mass is 35.5. The van der Waals surface area contributed by atoms with Crippen LogP contribution in [-0.4, -0.2) is 17.6 Å². The molecule has 2 N–H and O–H groups in total. The fourth-order valence-electron chi connectivity index (χ4n) is 1.58. The molecule has 3 nitrogen and oxygen atoms in total. The van der Waals surface area contributed by atoms with Gasteiger partial charge in [0.1, 0.15) is 6.61 Å². The molecule has 0 saturated carbocycles. The van der Waals surface area contributed by atoms with Crippen LogP contribution in [0.5, 0.6) is 0 Å². The van der Waals surface area contributed by atoms with Gasteiger partial charge in [0.2, 0.25) is 0 Å². The van der Waals surface area contributed by atoms with Crippen molar-refractivity contribution in [1.82, 2.24) is 0 Å². The summed E-state index contributed by atoms with van der Waals surface area (Å²) >= 11 is 7.48. The number of rotatable bonds is 2. The van der Waals surface area contributed by atoms with Crippen LogP contribution in [0.1, 0.15) is 20.1 Å². The van der Waals surface area contributed by atoms with Gasteiger partial charge < -0.3 is 10.4 Å². The van der Waals surface area contributed by atoms with Crippen LogP contribution in [-0.2, 0) is 0 Å². The topological polar surface area (TPSA) is 49.3 Å². The van der Waals surface area contributed by atoms with E-state index in [-0.39, 0.29) is 12.5 Å². The molecular formula is C15H12ClNO2S. The first-order chi connectivity index (χ1) is 9.60. The number of aliphatic hydroxyl groups is 1. The maximum absolute atomic E-state index is 12.1. The third-order valence-electron chi connectivity index (χ3n) is 2.49. The third-order valence-corrected chi connectivity index (χ3v) is 3.82. The summed E-state index contributed by atoms with van der Waals surface area (Å²) in [5.41, 5.74) is 1.19. The highest BCUT2D eigenvalue weighted by Gasteiger charge is 2.10. The Balaban J connectivity index is 2.22. The zero-order valence-electron chi connectivity index (χ0n) is 10.7. The van der Waals surface area contributed by atoms with E-state index in [9.17, 15) is 4.79 Å². The minimum absolute atomic E-state index is 0.197. The molecule has 2 rings (SSSR count). The molecule has 0 aliphatic heterocycles. The summed E-state index contributed by atoms with van der Waals surface area (Å²) in [5, 5.41) is 11.9. The van der Waals surface area contributed by atoms with Crippen LogP contribution in [0.4, 0.5) is 5.69 Å². The van der Waals surface area contributed by atoms with Crippen molar-refractivity contribution in [3.8, 4) is 11.8 Å². The number of benzene rings is 1. The molecule has 0 spiro atoms. The lowest BCUT2D eigenvalue weighted by molar-refractivity contribution is 0.103. The van der Waals surface area contributed by atoms with E-state index >= 15 is 0 Å². The molecule has 1 heterocycles. The number of thiophene rings is 1. The van der Waals surface area contributed by atoms with Crippen molar-refractivity contribution >= 4 is 34.5 Å². The Morgan fingerprint density at radius 2 is 2.20 bits per heavy atom. The molecule has 20 heavy (non-hydrogen) atoms. The molecule has 1 aromatic heterocycles. The number of nitrogens with one attached hydrogen (secondary N) is 1. The van der Waals surface area contributed by atoms with Crippen LogP contribution >= 0.6 is 22.9 Å². The van der Waals surface area contributed by atoms with E-state index in [1.165, 1.54) is 11.3 Å². The summed E-state index contributed by atoms with van der Waals surface area (Å²) in [6.07, 6.45) is 0. The Bertz CT molecular complexity index is 697. The Morgan fingerprint density at radius 3 is 2.85 bits per heavy atom. The second-order valence-corrected chi connectivity index (χ2v) is 5.71. The molecule has 2 aromatic rings. The maximum atomic E-state index is 12.1. The van der Waals surface area contributed by atoms with E-state index in [2.05, 4.69) is 17.2 Å². The molecule has 0 atom stereocenters. The molecular weight excluding hydrogens is 294 g/mol. The van der Waals surface area contributed by atoms with Crippen LogP contribution in [0.25, 0.3) is 0 Å². The monoisotopic (exact) mass is 305 g/mol. The molecule has 0 fully saturated rings. The van der Waals surface area contributed by atoms with Gasteiger partial charge in [0.25, 0.3) is 5.91 Å². The quantitative estimate of drug-likeness (QED) is 0.836. The first-order valence-corrected chi connectivity index (χ1v) is 7.06. The van der Waals surface area contributed by atoms with E-state index in [0.29, 0.717) is 21.2 Å². The standard InChI is InChI=1S/C15H12ClNO2S/c1-10-4-7-14(20-10)15(19)17-13-9-11(3-2-8-18)5-6-12(13)16/h4-7,9,18H,8H2,1H3,(H,17,19). The van der Waals surface area contributed by atoms with Crippen molar-refractivity contribution in [1.29, 1.82) is 0 Å². The summed E-state index contributed by atoms with van der Waals surface area (Å²) in [6, 6.07) is 8.75. The van der Waals surface area contributed by atoms with E-state index in [1.807, 2.05) is 13.0 Å². The highest BCUT2D eigenvalue weighted by molar-refractivity contribution is 7.14. The molecule has 0 unspecified atom stereocenters. The number of aliphatic hydroxyl groups excluding tert-OH is 1. The lowest BCUT2D eigenvalue weighted by atomic mass is 10.2. The van der Waals surface area contributed by atoms with Crippen LogP contribution < -0.4 is 5.32 Å². The SMILES string of the molecule is Cc1ccc(C(=O)Nc2cc(C#CCO)ccc2Cl)s1. The number of carbonyl (C=O) groups is 1. The van der Waals surface area contributed by atoms with E-state index in [4.69, 9.17) is 16.7 Å². The minimum Gasteiger partial charge on any atom is -0.384 e. The van der Waals surface area contributed by atoms with Crippen LogP contribution in [0.2, 0.25) is 5.02 Å². The van der Waals surface area contributed by atoms with E-state index < -0.39 is 0 Å². The summed E-state index contributed by atoms with van der Waals surface area (Å²) < 4.78 is 0. The fraction of sp³-hybridized carbons (Fsp3) is 0.133.